The molecular weight excluding hydrogens is 1520 g/mol. The smallest absolute Gasteiger partial charge is 0.416 e. The molecule has 4 aromatic carbocycles. The number of nitrogens with one attached hydrogen (secondary N) is 4. The van der Waals surface area contributed by atoms with Crippen LogP contribution < -0.4 is 31.1 Å². The zero-order chi connectivity index (χ0) is 83.0. The molecule has 34 heteroatoms. The largest absolute Gasteiger partial charge is 0.481 e. The van der Waals surface area contributed by atoms with Crippen molar-refractivity contribution < 1.29 is 93.4 Å². The minimum Gasteiger partial charge on any atom is -0.481 e. The summed E-state index contributed by atoms with van der Waals surface area (Å²) < 4.78 is 120. The molecule has 8 aromatic rings. The van der Waals surface area contributed by atoms with Crippen LogP contribution in [0.1, 0.15) is 136 Å². The van der Waals surface area contributed by atoms with Crippen molar-refractivity contribution in [1.82, 2.24) is 39.3 Å². The number of carboxylic acids is 1. The second-order valence-electron chi connectivity index (χ2n) is 28.4. The SMILES string of the molecule is CN(CCOCCOCCOCCC(=O)O)Cc1cccc(C(=O)Nc2ccc(N3CCCCC3)cc2C(=O)Nc2ccn(-c3cccc(C(F)(F)F)c3)n2)n1.CN(CCOCCOCCOCCC(=O)OC(C)(C)C)Cc1cccc(C(=O)Nc2ccc(N3CCCCC3)cc2C(=O)Nc2ccn(-c3cccc(C(F)(F)F)c3)n2)n1. The van der Waals surface area contributed by atoms with E-state index >= 15 is 0 Å². The number of likely N-dealkylation sites (N-methyl/N-ethyl adjacent to an activating group) is 2. The van der Waals surface area contributed by atoms with Crippen LogP contribution in [0.5, 0.6) is 0 Å². The number of amides is 4. The average Bonchev–Trinajstić information content (AvgIpc) is 1.55. The van der Waals surface area contributed by atoms with Gasteiger partial charge in [0.1, 0.15) is 17.0 Å². The third kappa shape index (κ3) is 29.8. The molecule has 2 fully saturated rings. The Labute approximate surface area is 669 Å². The number of benzene rings is 4. The highest BCUT2D eigenvalue weighted by Gasteiger charge is 2.32. The number of rotatable bonds is 40. The van der Waals surface area contributed by atoms with Crippen molar-refractivity contribution in [3.8, 4) is 11.4 Å². The fourth-order valence-electron chi connectivity index (χ4n) is 12.1. The van der Waals surface area contributed by atoms with Gasteiger partial charge in [-0.15, -0.1) is 0 Å². The zero-order valence-electron chi connectivity index (χ0n) is 65.6. The Morgan fingerprint density at radius 1 is 0.431 bits per heavy atom. The third-order valence-corrected chi connectivity index (χ3v) is 18.0. The van der Waals surface area contributed by atoms with E-state index in [1.54, 1.807) is 48.5 Å². The van der Waals surface area contributed by atoms with Crippen molar-refractivity contribution in [3.05, 3.63) is 191 Å². The summed E-state index contributed by atoms with van der Waals surface area (Å²) in [6.45, 7) is 15.2. The number of nitrogens with zero attached hydrogens (tertiary/aromatic N) is 10. The van der Waals surface area contributed by atoms with E-state index in [2.05, 4.69) is 51.2 Å². The van der Waals surface area contributed by atoms with Gasteiger partial charge in [-0.25, -0.2) is 19.3 Å². The second kappa shape index (κ2) is 44.4. The number of carbonyl (C=O) groups is 6. The van der Waals surface area contributed by atoms with Crippen LogP contribution in [-0.2, 0) is 68.2 Å². The quantitative estimate of drug-likeness (QED) is 0.0135. The maximum Gasteiger partial charge on any atom is 0.416 e. The molecule has 4 aromatic heterocycles. The Balaban J connectivity index is 0.000000266. The van der Waals surface area contributed by atoms with Crippen LogP contribution in [0.3, 0.4) is 0 Å². The number of hydrogen-bond donors (Lipinski definition) is 5. The fourth-order valence-corrected chi connectivity index (χ4v) is 12.1. The van der Waals surface area contributed by atoms with Gasteiger partial charge in [-0.2, -0.15) is 36.5 Å². The Morgan fingerprint density at radius 2 is 0.810 bits per heavy atom. The number of ether oxygens (including phenoxy) is 7. The summed E-state index contributed by atoms with van der Waals surface area (Å²) in [7, 11) is 3.82. The van der Waals surface area contributed by atoms with Crippen molar-refractivity contribution in [2.24, 2.45) is 0 Å². The maximum atomic E-state index is 13.8. The first-order chi connectivity index (χ1) is 55.6. The topological polar surface area (TPSA) is 310 Å². The lowest BCUT2D eigenvalue weighted by atomic mass is 10.1. The van der Waals surface area contributed by atoms with Gasteiger partial charge in [-0.1, -0.05) is 24.3 Å². The molecule has 28 nitrogen and oxygen atoms in total. The molecule has 0 radical (unpaired) electrons. The molecule has 10 rings (SSSR count). The molecule has 0 saturated carbocycles. The van der Waals surface area contributed by atoms with Gasteiger partial charge in [-0.05, 0) is 170 Å². The van der Waals surface area contributed by atoms with Crippen molar-refractivity contribution in [3.63, 3.8) is 0 Å². The van der Waals surface area contributed by atoms with Crippen LogP contribution >= 0.6 is 0 Å². The number of hydrogen-bond acceptors (Lipinski definition) is 21. The molecule has 0 spiro atoms. The predicted octanol–water partition coefficient (Wildman–Crippen LogP) is 12.7. The fraction of sp³-hybridized carbons (Fsp3) is 0.439. The van der Waals surface area contributed by atoms with Crippen LogP contribution in [0.15, 0.2) is 146 Å². The van der Waals surface area contributed by atoms with Gasteiger partial charge in [0.15, 0.2) is 11.6 Å². The molecule has 5 N–H and O–H groups in total. The lowest BCUT2D eigenvalue weighted by Crippen LogP contribution is -2.30. The number of esters is 1. The van der Waals surface area contributed by atoms with Gasteiger partial charge < -0.3 is 69.3 Å². The number of carbonyl (C=O) groups excluding carboxylic acids is 5. The van der Waals surface area contributed by atoms with Crippen LogP contribution in [-0.4, -0.2) is 218 Å². The first kappa shape index (κ1) is 89.2. The summed E-state index contributed by atoms with van der Waals surface area (Å²) in [5, 5.41) is 28.3. The number of carboxylic acid groups (broad SMARTS) is 1. The summed E-state index contributed by atoms with van der Waals surface area (Å²) in [4.78, 5) is 94.4. The van der Waals surface area contributed by atoms with E-state index in [-0.39, 0.29) is 88.9 Å². The van der Waals surface area contributed by atoms with Gasteiger partial charge in [0.2, 0.25) is 0 Å². The average molecular weight is 1620 g/mol. The van der Waals surface area contributed by atoms with Crippen LogP contribution in [0, 0.1) is 0 Å². The number of pyridine rings is 2. The van der Waals surface area contributed by atoms with E-state index in [0.717, 1.165) is 100 Å². The first-order valence-electron chi connectivity index (χ1n) is 38.3. The monoisotopic (exact) mass is 1620 g/mol. The number of piperidine rings is 2. The van der Waals surface area contributed by atoms with E-state index in [1.807, 2.05) is 68.9 Å². The number of anilines is 6. The van der Waals surface area contributed by atoms with Crippen molar-refractivity contribution in [1.29, 1.82) is 0 Å². The minimum absolute atomic E-state index is 0.0457. The maximum absolute atomic E-state index is 13.8. The number of halogens is 6. The van der Waals surface area contributed by atoms with Crippen molar-refractivity contribution in [2.45, 2.75) is 103 Å². The highest BCUT2D eigenvalue weighted by molar-refractivity contribution is 6.13. The summed E-state index contributed by atoms with van der Waals surface area (Å²) in [5.74, 6) is -3.12. The summed E-state index contributed by atoms with van der Waals surface area (Å²) in [6, 6.07) is 33.2. The van der Waals surface area contributed by atoms with Gasteiger partial charge in [0.05, 0.1) is 149 Å². The first-order valence-corrected chi connectivity index (χ1v) is 38.3. The standard InChI is InChI=1S/C43H54F3N7O7.C39H46F3N7O7/c1-42(2,3)60-39(54)17-22-57-24-26-59-27-25-58-23-21-51(4)30-32-11-9-13-37(47-32)41(56)48-36-15-14-33(52-18-6-5-7-19-52)29-35(36)40(55)49-38-16-20-53(50-38)34-12-8-10-31(28-34)43(44,45)46;1-47(18-20-55-22-24-56-23-21-54-19-14-36(50)51)27-29-8-6-10-34(43-29)38(53)44-33-12-11-30(48-15-3-2-4-16-48)26-32(33)37(52)45-35-13-17-49(46-35)31-9-5-7-28(25-31)39(40,41)42/h8-16,20,28-29H,5-7,17-19,21-27,30H2,1-4H3,(H,48,56)(H,49,50,55);5-13,17,25-26H,2-4,14-16,18-24,27H2,1H3,(H,44,53)(H,50,51)(H,45,46,52). The van der Waals surface area contributed by atoms with E-state index in [4.69, 9.17) is 38.3 Å². The van der Waals surface area contributed by atoms with Crippen LogP contribution in [0.25, 0.3) is 11.4 Å². The molecule has 4 amide bonds. The predicted molar refractivity (Wildman–Crippen MR) is 423 cm³/mol. The molecule has 2 saturated heterocycles. The van der Waals surface area contributed by atoms with Crippen LogP contribution in [0.4, 0.5) is 60.7 Å². The van der Waals surface area contributed by atoms with Gasteiger partial charge in [0, 0.05) is 88.3 Å². The molecule has 116 heavy (non-hydrogen) atoms. The van der Waals surface area contributed by atoms with Gasteiger partial charge in [-0.3, -0.25) is 38.6 Å². The lowest BCUT2D eigenvalue weighted by molar-refractivity contribution is -0.156. The summed E-state index contributed by atoms with van der Waals surface area (Å²) in [6.07, 6.45) is 0.314. The Hall–Kier alpha value is -10.7. The molecule has 0 aliphatic carbocycles. The van der Waals surface area contributed by atoms with Gasteiger partial charge >= 0.3 is 24.3 Å². The Bertz CT molecular complexity index is 4510. The number of aliphatic carboxylic acids is 1. The highest BCUT2D eigenvalue weighted by Crippen LogP contribution is 2.34. The molecule has 6 heterocycles. The molecule has 0 unspecified atom stereocenters. The Morgan fingerprint density at radius 3 is 1.20 bits per heavy atom. The number of alkyl halides is 6. The highest BCUT2D eigenvalue weighted by atomic mass is 19.4. The normalized spacial score (nSPS) is 13.3. The molecule has 2 aliphatic heterocycles. The molecule has 624 valence electrons. The molecule has 0 atom stereocenters. The molecule has 0 bridgehead atoms. The number of aromatic nitrogens is 6. The third-order valence-electron chi connectivity index (χ3n) is 18.0. The minimum atomic E-state index is -4.52. The van der Waals surface area contributed by atoms with E-state index in [9.17, 15) is 55.1 Å². The van der Waals surface area contributed by atoms with E-state index in [0.29, 0.717) is 104 Å². The molecule has 2 aliphatic rings. The van der Waals surface area contributed by atoms with Crippen molar-refractivity contribution >= 4 is 70.0 Å². The summed E-state index contributed by atoms with van der Waals surface area (Å²) >= 11 is 0. The second-order valence-corrected chi connectivity index (χ2v) is 28.4. The zero-order valence-corrected chi connectivity index (χ0v) is 65.6. The summed E-state index contributed by atoms with van der Waals surface area (Å²) in [5.41, 5.74) is 2.34. The molecular formula is C82H100F6N14O14. The van der Waals surface area contributed by atoms with E-state index in [1.165, 1.54) is 58.2 Å². The van der Waals surface area contributed by atoms with Crippen molar-refractivity contribution in [2.75, 3.05) is 164 Å². The van der Waals surface area contributed by atoms with E-state index < -0.39 is 58.7 Å². The Kier molecular flexibility index (Phi) is 34.1. The van der Waals surface area contributed by atoms with Crippen LogP contribution in [0.2, 0.25) is 0 Å². The lowest BCUT2D eigenvalue weighted by Gasteiger charge is -2.29. The van der Waals surface area contributed by atoms with Gasteiger partial charge in [0.25, 0.3) is 23.6 Å².